The summed E-state index contributed by atoms with van der Waals surface area (Å²) >= 11 is 0. The summed E-state index contributed by atoms with van der Waals surface area (Å²) in [6.45, 7) is 7.74. The second kappa shape index (κ2) is 6.10. The minimum Gasteiger partial charge on any atom is -0.495 e. The van der Waals surface area contributed by atoms with Crippen LogP contribution in [0.3, 0.4) is 0 Å². The van der Waals surface area contributed by atoms with E-state index in [0.717, 1.165) is 25.4 Å². The van der Waals surface area contributed by atoms with Crippen LogP contribution in [0.1, 0.15) is 20.3 Å². The zero-order valence-electron chi connectivity index (χ0n) is 11.6. The Morgan fingerprint density at radius 2 is 2.22 bits per heavy atom. The predicted octanol–water partition coefficient (Wildman–Crippen LogP) is 2.52. The molecule has 0 radical (unpaired) electrons. The number of hydrogen-bond acceptors (Lipinski definition) is 3. The Bertz CT molecular complexity index is 381. The smallest absolute Gasteiger partial charge is 0.142 e. The number of nitrogens with one attached hydrogen (secondary N) is 1. The Morgan fingerprint density at radius 1 is 1.44 bits per heavy atom. The molecule has 0 amide bonds. The normalized spacial score (nSPS) is 21.7. The predicted molar refractivity (Wildman–Crippen MR) is 76.5 cm³/mol. The average molecular weight is 248 g/mol. The molecule has 2 unspecified atom stereocenters. The van der Waals surface area contributed by atoms with Gasteiger partial charge in [-0.15, -0.1) is 0 Å². The largest absolute Gasteiger partial charge is 0.495 e. The first-order valence-electron chi connectivity index (χ1n) is 6.87. The zero-order chi connectivity index (χ0) is 13.0. The number of rotatable bonds is 4. The topological polar surface area (TPSA) is 24.5 Å². The van der Waals surface area contributed by atoms with Crippen LogP contribution in [0.4, 0.5) is 5.69 Å². The number of methoxy groups -OCH3 is 1. The van der Waals surface area contributed by atoms with Crippen molar-refractivity contribution in [3.8, 4) is 5.75 Å². The number of hydrogen-bond donors (Lipinski definition) is 1. The number of nitrogens with zero attached hydrogens (tertiary/aromatic N) is 1. The molecule has 1 aromatic rings. The maximum Gasteiger partial charge on any atom is 0.142 e. The van der Waals surface area contributed by atoms with E-state index in [9.17, 15) is 0 Å². The Kier molecular flexibility index (Phi) is 4.48. The summed E-state index contributed by atoms with van der Waals surface area (Å²) in [5, 5.41) is 3.62. The van der Waals surface area contributed by atoms with Gasteiger partial charge in [0.1, 0.15) is 5.75 Å². The Labute approximate surface area is 110 Å². The van der Waals surface area contributed by atoms with Crippen molar-refractivity contribution in [3.63, 3.8) is 0 Å². The third-order valence-electron chi connectivity index (χ3n) is 3.96. The van der Waals surface area contributed by atoms with E-state index >= 15 is 0 Å². The molecule has 18 heavy (non-hydrogen) atoms. The van der Waals surface area contributed by atoms with Gasteiger partial charge in [0.15, 0.2) is 0 Å². The van der Waals surface area contributed by atoms with E-state index in [-0.39, 0.29) is 0 Å². The highest BCUT2D eigenvalue weighted by atomic mass is 16.5. The number of ether oxygens (including phenoxy) is 1. The van der Waals surface area contributed by atoms with Crippen molar-refractivity contribution in [3.05, 3.63) is 24.3 Å². The minimum absolute atomic E-state index is 0.577. The van der Waals surface area contributed by atoms with Gasteiger partial charge >= 0.3 is 0 Å². The molecule has 2 atom stereocenters. The molecule has 1 heterocycles. The van der Waals surface area contributed by atoms with E-state index < -0.39 is 0 Å². The van der Waals surface area contributed by atoms with Crippen molar-refractivity contribution in [2.24, 2.45) is 5.92 Å². The van der Waals surface area contributed by atoms with Crippen LogP contribution in [0, 0.1) is 5.92 Å². The standard InChI is InChI=1S/C15H24N2O/c1-4-12(2)13-11-17(10-9-16-13)14-7-5-6-8-15(14)18-3/h5-8,12-13,16H,4,9-11H2,1-3H3. The molecule has 0 spiro atoms. The lowest BCUT2D eigenvalue weighted by atomic mass is 9.97. The lowest BCUT2D eigenvalue weighted by molar-refractivity contribution is 0.339. The quantitative estimate of drug-likeness (QED) is 0.886. The van der Waals surface area contributed by atoms with Gasteiger partial charge in [0, 0.05) is 25.7 Å². The van der Waals surface area contributed by atoms with Crippen molar-refractivity contribution in [1.82, 2.24) is 5.32 Å². The third-order valence-corrected chi connectivity index (χ3v) is 3.96. The molecule has 0 aromatic heterocycles. The summed E-state index contributed by atoms with van der Waals surface area (Å²) in [6.07, 6.45) is 1.22. The molecule has 0 aliphatic carbocycles. The summed E-state index contributed by atoms with van der Waals surface area (Å²) in [7, 11) is 1.74. The van der Waals surface area contributed by atoms with Gasteiger partial charge in [-0.2, -0.15) is 0 Å². The summed E-state index contributed by atoms with van der Waals surface area (Å²) in [5.74, 6) is 1.69. The molecule has 3 nitrogen and oxygen atoms in total. The molecular weight excluding hydrogens is 224 g/mol. The second-order valence-electron chi connectivity index (χ2n) is 5.06. The van der Waals surface area contributed by atoms with Gasteiger partial charge in [0.05, 0.1) is 12.8 Å². The van der Waals surface area contributed by atoms with Gasteiger partial charge in [-0.25, -0.2) is 0 Å². The Balaban J connectivity index is 2.13. The zero-order valence-corrected chi connectivity index (χ0v) is 11.6. The minimum atomic E-state index is 0.577. The van der Waals surface area contributed by atoms with Crippen LogP contribution in [-0.2, 0) is 0 Å². The summed E-state index contributed by atoms with van der Waals surface area (Å²) in [4.78, 5) is 2.44. The van der Waals surface area contributed by atoms with Crippen LogP contribution in [0.2, 0.25) is 0 Å². The van der Waals surface area contributed by atoms with Crippen molar-refractivity contribution >= 4 is 5.69 Å². The first kappa shape index (κ1) is 13.2. The van der Waals surface area contributed by atoms with Crippen LogP contribution in [0.25, 0.3) is 0 Å². The molecule has 1 aromatic carbocycles. The molecule has 100 valence electrons. The van der Waals surface area contributed by atoms with Crippen LogP contribution >= 0.6 is 0 Å². The van der Waals surface area contributed by atoms with Gasteiger partial charge in [-0.05, 0) is 18.1 Å². The SMILES string of the molecule is CCC(C)C1CN(c2ccccc2OC)CCN1. The van der Waals surface area contributed by atoms with Gasteiger partial charge < -0.3 is 15.0 Å². The summed E-state index contributed by atoms with van der Waals surface area (Å²) in [5.41, 5.74) is 1.22. The number of anilines is 1. The van der Waals surface area contributed by atoms with Gasteiger partial charge in [0.25, 0.3) is 0 Å². The highest BCUT2D eigenvalue weighted by molar-refractivity contribution is 5.58. The van der Waals surface area contributed by atoms with Crippen molar-refractivity contribution < 1.29 is 4.74 Å². The molecule has 0 bridgehead atoms. The van der Waals surface area contributed by atoms with E-state index in [1.165, 1.54) is 12.1 Å². The molecule has 1 aliphatic rings. The average Bonchev–Trinajstić information content (AvgIpc) is 2.46. The highest BCUT2D eigenvalue weighted by Gasteiger charge is 2.24. The van der Waals surface area contributed by atoms with Gasteiger partial charge in [-0.1, -0.05) is 32.4 Å². The number of para-hydroxylation sites is 2. The Hall–Kier alpha value is -1.22. The first-order valence-corrected chi connectivity index (χ1v) is 6.87. The summed E-state index contributed by atoms with van der Waals surface area (Å²) in [6, 6.07) is 8.87. The van der Waals surface area contributed by atoms with Crippen LogP contribution in [0.5, 0.6) is 5.75 Å². The third kappa shape index (κ3) is 2.78. The molecule has 1 fully saturated rings. The molecule has 1 saturated heterocycles. The molecule has 2 rings (SSSR count). The van der Waals surface area contributed by atoms with Gasteiger partial charge in [-0.3, -0.25) is 0 Å². The fourth-order valence-electron chi connectivity index (χ4n) is 2.55. The fourth-order valence-corrected chi connectivity index (χ4v) is 2.55. The monoisotopic (exact) mass is 248 g/mol. The van der Waals surface area contributed by atoms with E-state index in [0.29, 0.717) is 12.0 Å². The van der Waals surface area contributed by atoms with E-state index in [1.54, 1.807) is 7.11 Å². The van der Waals surface area contributed by atoms with Crippen LogP contribution < -0.4 is 15.0 Å². The lowest BCUT2D eigenvalue weighted by Gasteiger charge is -2.38. The van der Waals surface area contributed by atoms with Crippen LogP contribution in [-0.4, -0.2) is 32.8 Å². The molecule has 0 saturated carbocycles. The maximum atomic E-state index is 5.46. The molecule has 1 aliphatic heterocycles. The van der Waals surface area contributed by atoms with E-state index in [4.69, 9.17) is 4.74 Å². The molecule has 1 N–H and O–H groups in total. The lowest BCUT2D eigenvalue weighted by Crippen LogP contribution is -2.53. The van der Waals surface area contributed by atoms with Crippen molar-refractivity contribution in [2.75, 3.05) is 31.6 Å². The van der Waals surface area contributed by atoms with E-state index in [2.05, 4.69) is 36.2 Å². The van der Waals surface area contributed by atoms with Crippen LogP contribution in [0.15, 0.2) is 24.3 Å². The highest BCUT2D eigenvalue weighted by Crippen LogP contribution is 2.29. The first-order chi connectivity index (χ1) is 8.76. The molecule has 3 heteroatoms. The number of piperazine rings is 1. The van der Waals surface area contributed by atoms with E-state index in [1.807, 2.05) is 12.1 Å². The maximum absolute atomic E-state index is 5.46. The molecular formula is C15H24N2O. The Morgan fingerprint density at radius 3 is 2.94 bits per heavy atom. The summed E-state index contributed by atoms with van der Waals surface area (Å²) < 4.78 is 5.46. The van der Waals surface area contributed by atoms with Crippen molar-refractivity contribution in [1.29, 1.82) is 0 Å². The van der Waals surface area contributed by atoms with Gasteiger partial charge in [0.2, 0.25) is 0 Å². The fraction of sp³-hybridized carbons (Fsp3) is 0.600. The number of benzene rings is 1. The van der Waals surface area contributed by atoms with Crippen molar-refractivity contribution in [2.45, 2.75) is 26.3 Å². The second-order valence-corrected chi connectivity index (χ2v) is 5.06.